The van der Waals surface area contributed by atoms with E-state index < -0.39 is 11.7 Å². The lowest BCUT2D eigenvalue weighted by molar-refractivity contribution is 0.102. The van der Waals surface area contributed by atoms with Gasteiger partial charge in [0.25, 0.3) is 5.91 Å². The topological polar surface area (TPSA) is 54.0 Å². The molecule has 1 aromatic carbocycles. The standard InChI is InChI=1S/C14H14FN3O/c1-9-4-3-5-11(15)13(9)18-14(19)10-8-17-7-6-12(10)16-2/h3-8H,1-2H3,(H,16,17)(H,18,19). The van der Waals surface area contributed by atoms with Crippen molar-refractivity contribution in [2.75, 3.05) is 17.7 Å². The number of nitrogens with one attached hydrogen (secondary N) is 2. The molecule has 0 saturated carbocycles. The molecule has 0 fully saturated rings. The first-order chi connectivity index (χ1) is 9.13. The molecule has 2 aromatic rings. The average molecular weight is 259 g/mol. The predicted octanol–water partition coefficient (Wildman–Crippen LogP) is 2.82. The van der Waals surface area contributed by atoms with E-state index in [-0.39, 0.29) is 5.69 Å². The first-order valence-electron chi connectivity index (χ1n) is 5.81. The second kappa shape index (κ2) is 5.48. The lowest BCUT2D eigenvalue weighted by atomic mass is 10.1. The third-order valence-corrected chi connectivity index (χ3v) is 2.80. The number of benzene rings is 1. The van der Waals surface area contributed by atoms with E-state index in [0.29, 0.717) is 16.8 Å². The third kappa shape index (κ3) is 2.70. The number of carbonyl (C=O) groups excluding carboxylic acids is 1. The summed E-state index contributed by atoms with van der Waals surface area (Å²) in [6.45, 7) is 1.74. The molecule has 0 unspecified atom stereocenters. The second-order valence-corrected chi connectivity index (χ2v) is 4.06. The van der Waals surface area contributed by atoms with Gasteiger partial charge in [-0.05, 0) is 24.6 Å². The van der Waals surface area contributed by atoms with E-state index in [1.807, 2.05) is 0 Å². The molecule has 0 aliphatic heterocycles. The summed E-state index contributed by atoms with van der Waals surface area (Å²) in [6.07, 6.45) is 3.02. The summed E-state index contributed by atoms with van der Waals surface area (Å²) in [7, 11) is 1.71. The summed E-state index contributed by atoms with van der Waals surface area (Å²) in [5.74, 6) is -0.853. The average Bonchev–Trinajstić information content (AvgIpc) is 2.42. The van der Waals surface area contributed by atoms with E-state index in [9.17, 15) is 9.18 Å². The van der Waals surface area contributed by atoms with Gasteiger partial charge >= 0.3 is 0 Å². The summed E-state index contributed by atoms with van der Waals surface area (Å²) < 4.78 is 13.7. The first kappa shape index (κ1) is 13.0. The molecule has 0 spiro atoms. The number of amides is 1. The summed E-state index contributed by atoms with van der Waals surface area (Å²) >= 11 is 0. The number of aromatic nitrogens is 1. The van der Waals surface area contributed by atoms with E-state index >= 15 is 0 Å². The molecule has 1 heterocycles. The number of hydrogen-bond donors (Lipinski definition) is 2. The van der Waals surface area contributed by atoms with Crippen LogP contribution in [0.2, 0.25) is 0 Å². The number of aryl methyl sites for hydroxylation is 1. The molecule has 1 amide bonds. The number of para-hydroxylation sites is 1. The quantitative estimate of drug-likeness (QED) is 0.891. The van der Waals surface area contributed by atoms with Gasteiger partial charge in [-0.15, -0.1) is 0 Å². The Hall–Kier alpha value is -2.43. The smallest absolute Gasteiger partial charge is 0.259 e. The molecule has 98 valence electrons. The van der Waals surface area contributed by atoms with Crippen LogP contribution in [0.25, 0.3) is 0 Å². The highest BCUT2D eigenvalue weighted by Crippen LogP contribution is 2.21. The Morgan fingerprint density at radius 3 is 2.79 bits per heavy atom. The number of rotatable bonds is 3. The number of carbonyl (C=O) groups is 1. The fourth-order valence-electron chi connectivity index (χ4n) is 1.76. The predicted molar refractivity (Wildman–Crippen MR) is 72.9 cm³/mol. The van der Waals surface area contributed by atoms with E-state index in [1.54, 1.807) is 38.4 Å². The molecule has 5 heteroatoms. The van der Waals surface area contributed by atoms with Gasteiger partial charge in [0.15, 0.2) is 0 Å². The van der Waals surface area contributed by atoms with Crippen molar-refractivity contribution < 1.29 is 9.18 Å². The molecule has 0 atom stereocenters. The minimum absolute atomic E-state index is 0.193. The van der Waals surface area contributed by atoms with Gasteiger partial charge in [0.2, 0.25) is 0 Å². The van der Waals surface area contributed by atoms with Gasteiger partial charge in [0, 0.05) is 25.1 Å². The van der Waals surface area contributed by atoms with E-state index in [1.165, 1.54) is 12.3 Å². The van der Waals surface area contributed by atoms with Crippen LogP contribution in [0.4, 0.5) is 15.8 Å². The van der Waals surface area contributed by atoms with Crippen LogP contribution in [0.15, 0.2) is 36.7 Å². The van der Waals surface area contributed by atoms with Crippen LogP contribution in [0, 0.1) is 12.7 Å². The maximum Gasteiger partial charge on any atom is 0.259 e. The third-order valence-electron chi connectivity index (χ3n) is 2.80. The lowest BCUT2D eigenvalue weighted by Crippen LogP contribution is -2.16. The van der Waals surface area contributed by atoms with Crippen LogP contribution in [0.1, 0.15) is 15.9 Å². The molecule has 0 bridgehead atoms. The Morgan fingerprint density at radius 1 is 1.32 bits per heavy atom. The molecule has 0 aliphatic carbocycles. The lowest BCUT2D eigenvalue weighted by Gasteiger charge is -2.11. The van der Waals surface area contributed by atoms with Gasteiger partial charge in [-0.25, -0.2) is 4.39 Å². The molecular weight excluding hydrogens is 245 g/mol. The van der Waals surface area contributed by atoms with E-state index in [4.69, 9.17) is 0 Å². The van der Waals surface area contributed by atoms with Crippen LogP contribution >= 0.6 is 0 Å². The monoisotopic (exact) mass is 259 g/mol. The van der Waals surface area contributed by atoms with Gasteiger partial charge in [-0.3, -0.25) is 9.78 Å². The van der Waals surface area contributed by atoms with Gasteiger partial charge in [-0.2, -0.15) is 0 Å². The van der Waals surface area contributed by atoms with E-state index in [2.05, 4.69) is 15.6 Å². The highest BCUT2D eigenvalue weighted by atomic mass is 19.1. The molecule has 0 aliphatic rings. The van der Waals surface area contributed by atoms with Crippen molar-refractivity contribution in [1.82, 2.24) is 4.98 Å². The zero-order valence-corrected chi connectivity index (χ0v) is 10.7. The van der Waals surface area contributed by atoms with Crippen molar-refractivity contribution in [2.45, 2.75) is 6.92 Å². The minimum atomic E-state index is -0.455. The first-order valence-corrected chi connectivity index (χ1v) is 5.81. The molecule has 2 N–H and O–H groups in total. The summed E-state index contributed by atoms with van der Waals surface area (Å²) in [5.41, 5.74) is 1.87. The highest BCUT2D eigenvalue weighted by Gasteiger charge is 2.14. The van der Waals surface area contributed by atoms with Crippen molar-refractivity contribution in [1.29, 1.82) is 0 Å². The Balaban J connectivity index is 2.31. The van der Waals surface area contributed by atoms with Crippen LogP contribution in [0.3, 0.4) is 0 Å². The Bertz CT molecular complexity index is 593. The Kier molecular flexibility index (Phi) is 3.75. The summed E-state index contributed by atoms with van der Waals surface area (Å²) in [4.78, 5) is 16.0. The molecule has 1 aromatic heterocycles. The zero-order valence-electron chi connectivity index (χ0n) is 10.7. The van der Waals surface area contributed by atoms with E-state index in [0.717, 1.165) is 0 Å². The molecule has 0 radical (unpaired) electrons. The Labute approximate surface area is 110 Å². The molecule has 4 nitrogen and oxygen atoms in total. The van der Waals surface area contributed by atoms with Gasteiger partial charge in [-0.1, -0.05) is 12.1 Å². The number of halogens is 1. The fourth-order valence-corrected chi connectivity index (χ4v) is 1.76. The summed E-state index contributed by atoms with van der Waals surface area (Å²) in [6, 6.07) is 6.33. The Morgan fingerprint density at radius 2 is 2.11 bits per heavy atom. The van der Waals surface area contributed by atoms with Crippen LogP contribution in [-0.4, -0.2) is 17.9 Å². The molecular formula is C14H14FN3O. The van der Waals surface area contributed by atoms with Crippen LogP contribution in [-0.2, 0) is 0 Å². The fraction of sp³-hybridized carbons (Fsp3) is 0.143. The largest absolute Gasteiger partial charge is 0.387 e. The maximum atomic E-state index is 13.7. The highest BCUT2D eigenvalue weighted by molar-refractivity contribution is 6.08. The maximum absolute atomic E-state index is 13.7. The van der Waals surface area contributed by atoms with Crippen molar-refractivity contribution in [3.63, 3.8) is 0 Å². The summed E-state index contributed by atoms with van der Waals surface area (Å²) in [5, 5.41) is 5.47. The van der Waals surface area contributed by atoms with Gasteiger partial charge in [0.05, 0.1) is 11.3 Å². The van der Waals surface area contributed by atoms with Crippen molar-refractivity contribution in [3.8, 4) is 0 Å². The van der Waals surface area contributed by atoms with Crippen molar-refractivity contribution in [2.24, 2.45) is 0 Å². The number of pyridine rings is 1. The van der Waals surface area contributed by atoms with Crippen LogP contribution in [0.5, 0.6) is 0 Å². The van der Waals surface area contributed by atoms with Gasteiger partial charge in [0.1, 0.15) is 5.82 Å². The SMILES string of the molecule is CNc1ccncc1C(=O)Nc1c(C)cccc1F. The minimum Gasteiger partial charge on any atom is -0.387 e. The van der Waals surface area contributed by atoms with Crippen molar-refractivity contribution in [3.05, 3.63) is 53.6 Å². The molecule has 19 heavy (non-hydrogen) atoms. The molecule has 2 rings (SSSR count). The normalized spacial score (nSPS) is 10.1. The number of anilines is 2. The number of nitrogens with zero attached hydrogens (tertiary/aromatic N) is 1. The second-order valence-electron chi connectivity index (χ2n) is 4.06. The van der Waals surface area contributed by atoms with Gasteiger partial charge < -0.3 is 10.6 Å². The zero-order chi connectivity index (χ0) is 13.8. The van der Waals surface area contributed by atoms with Crippen LogP contribution < -0.4 is 10.6 Å². The van der Waals surface area contributed by atoms with Crippen molar-refractivity contribution >= 4 is 17.3 Å². The number of hydrogen-bond acceptors (Lipinski definition) is 3. The molecule has 0 saturated heterocycles.